The van der Waals surface area contributed by atoms with Gasteiger partial charge in [0, 0.05) is 6.07 Å². The van der Waals surface area contributed by atoms with Crippen LogP contribution in [-0.4, -0.2) is 31.3 Å². The normalized spacial score (nSPS) is 11.4. The van der Waals surface area contributed by atoms with Gasteiger partial charge in [0.25, 0.3) is 15.7 Å². The molecule has 3 aromatic carbocycles. The minimum atomic E-state index is -4.06. The van der Waals surface area contributed by atoms with Crippen LogP contribution in [0.2, 0.25) is 0 Å². The van der Waals surface area contributed by atoms with Gasteiger partial charge in [0.2, 0.25) is 0 Å². The van der Waals surface area contributed by atoms with Gasteiger partial charge in [0.1, 0.15) is 5.69 Å². The second-order valence-corrected chi connectivity index (χ2v) is 9.07. The fourth-order valence-electron chi connectivity index (χ4n) is 3.11. The number of anilines is 2. The van der Waals surface area contributed by atoms with Gasteiger partial charge >= 0.3 is 0 Å². The maximum absolute atomic E-state index is 12.8. The molecule has 0 unspecified atom stereocenters. The highest BCUT2D eigenvalue weighted by molar-refractivity contribution is 7.92. The van der Waals surface area contributed by atoms with Gasteiger partial charge in [0.05, 0.1) is 28.3 Å². The van der Waals surface area contributed by atoms with Crippen molar-refractivity contribution in [1.82, 2.24) is 0 Å². The van der Waals surface area contributed by atoms with Crippen LogP contribution in [0.1, 0.15) is 23.6 Å². The molecule has 10 nitrogen and oxygen atoms in total. The van der Waals surface area contributed by atoms with E-state index in [1.807, 2.05) is 13.0 Å². The van der Waals surface area contributed by atoms with Crippen LogP contribution in [0.3, 0.4) is 0 Å². The summed E-state index contributed by atoms with van der Waals surface area (Å²) in [6, 6.07) is 13.3. The van der Waals surface area contributed by atoms with Gasteiger partial charge in [0.15, 0.2) is 11.5 Å². The number of nitro benzene ring substituents is 1. The minimum absolute atomic E-state index is 0.00975. The molecular weight excluding hydrogens is 460 g/mol. The van der Waals surface area contributed by atoms with Gasteiger partial charge in [-0.3, -0.25) is 20.3 Å². The molecule has 0 aliphatic carbocycles. The molecule has 0 aromatic heterocycles. The van der Waals surface area contributed by atoms with E-state index >= 15 is 0 Å². The Bertz CT molecular complexity index is 1360. The number of sulfonamides is 1. The molecule has 0 heterocycles. The predicted octanol–water partition coefficient (Wildman–Crippen LogP) is 4.56. The number of hydrazone groups is 1. The standard InChI is InChI=1S/C23H24N4O6S/c1-4-33-23-12-17(6-10-22(23)28)14-24-25-20-9-7-18(13-21(20)27(29)30)34(31,32)26-19-8-5-15(2)11-16(19)3/h5-14,25-26,28H,4H2,1-3H3/b24-14+. The molecule has 3 aromatic rings. The van der Waals surface area contributed by atoms with Gasteiger partial charge in [-0.1, -0.05) is 17.7 Å². The fraction of sp³-hybridized carbons (Fsp3) is 0.174. The van der Waals surface area contributed by atoms with Crippen LogP contribution in [0.4, 0.5) is 17.1 Å². The number of aryl methyl sites for hydroxylation is 2. The van der Waals surface area contributed by atoms with Crippen molar-refractivity contribution >= 4 is 33.3 Å². The number of hydrogen-bond donors (Lipinski definition) is 3. The second kappa shape index (κ2) is 10.2. The molecule has 0 saturated heterocycles. The zero-order valence-corrected chi connectivity index (χ0v) is 19.6. The van der Waals surface area contributed by atoms with Crippen molar-refractivity contribution in [1.29, 1.82) is 0 Å². The van der Waals surface area contributed by atoms with Crippen LogP contribution in [0.25, 0.3) is 0 Å². The lowest BCUT2D eigenvalue weighted by Gasteiger charge is -2.12. The summed E-state index contributed by atoms with van der Waals surface area (Å²) in [6.07, 6.45) is 1.39. The number of benzene rings is 3. The third-order valence-electron chi connectivity index (χ3n) is 4.78. The molecule has 0 fully saturated rings. The molecule has 0 bridgehead atoms. The van der Waals surface area contributed by atoms with Crippen molar-refractivity contribution < 1.29 is 23.2 Å². The molecule has 0 saturated carbocycles. The lowest BCUT2D eigenvalue weighted by Crippen LogP contribution is -2.14. The Balaban J connectivity index is 1.83. The van der Waals surface area contributed by atoms with Crippen LogP contribution >= 0.6 is 0 Å². The zero-order valence-electron chi connectivity index (χ0n) is 18.8. The summed E-state index contributed by atoms with van der Waals surface area (Å²) in [7, 11) is -4.06. The number of phenolic OH excluding ortho intramolecular Hbond substituents is 1. The summed E-state index contributed by atoms with van der Waals surface area (Å²) in [5.41, 5.74) is 4.79. The van der Waals surface area contributed by atoms with Crippen LogP contribution < -0.4 is 14.9 Å². The van der Waals surface area contributed by atoms with E-state index in [9.17, 15) is 23.6 Å². The molecule has 3 rings (SSSR count). The molecule has 3 N–H and O–H groups in total. The second-order valence-electron chi connectivity index (χ2n) is 7.39. The fourth-order valence-corrected chi connectivity index (χ4v) is 4.26. The maximum atomic E-state index is 12.8. The molecule has 0 spiro atoms. The van der Waals surface area contributed by atoms with E-state index < -0.39 is 20.6 Å². The number of aromatic hydroxyl groups is 1. The zero-order chi connectivity index (χ0) is 24.9. The van der Waals surface area contributed by atoms with Gasteiger partial charge < -0.3 is 9.84 Å². The van der Waals surface area contributed by atoms with E-state index in [4.69, 9.17) is 4.74 Å². The lowest BCUT2D eigenvalue weighted by molar-refractivity contribution is -0.384. The smallest absolute Gasteiger partial charge is 0.295 e. The number of rotatable bonds is 9. The van der Waals surface area contributed by atoms with E-state index in [1.54, 1.807) is 38.1 Å². The van der Waals surface area contributed by atoms with Crippen molar-refractivity contribution in [2.75, 3.05) is 16.8 Å². The largest absolute Gasteiger partial charge is 0.504 e. The summed E-state index contributed by atoms with van der Waals surface area (Å²) in [6.45, 7) is 5.81. The van der Waals surface area contributed by atoms with Crippen molar-refractivity contribution in [3.63, 3.8) is 0 Å². The monoisotopic (exact) mass is 484 g/mol. The summed E-state index contributed by atoms with van der Waals surface area (Å²) < 4.78 is 33.4. The molecular formula is C23H24N4O6S. The third kappa shape index (κ3) is 5.81. The number of phenols is 1. The number of nitro groups is 1. The van der Waals surface area contributed by atoms with Crippen LogP contribution in [0.15, 0.2) is 64.6 Å². The summed E-state index contributed by atoms with van der Waals surface area (Å²) in [4.78, 5) is 10.6. The SMILES string of the molecule is CCOc1cc(/C=N/Nc2ccc(S(=O)(=O)Nc3ccc(C)cc3C)cc2[N+](=O)[O-])ccc1O. The Morgan fingerprint density at radius 1 is 1.09 bits per heavy atom. The molecule has 0 aliphatic heterocycles. The molecule has 178 valence electrons. The van der Waals surface area contributed by atoms with Crippen molar-refractivity contribution in [2.45, 2.75) is 25.7 Å². The van der Waals surface area contributed by atoms with Crippen molar-refractivity contribution in [2.24, 2.45) is 5.10 Å². The predicted molar refractivity (Wildman–Crippen MR) is 130 cm³/mol. The molecule has 34 heavy (non-hydrogen) atoms. The van der Waals surface area contributed by atoms with E-state index in [2.05, 4.69) is 15.2 Å². The van der Waals surface area contributed by atoms with E-state index in [0.29, 0.717) is 17.9 Å². The quantitative estimate of drug-likeness (QED) is 0.229. The highest BCUT2D eigenvalue weighted by Crippen LogP contribution is 2.30. The Kier molecular flexibility index (Phi) is 7.37. The maximum Gasteiger partial charge on any atom is 0.295 e. The first-order valence-electron chi connectivity index (χ1n) is 10.2. The minimum Gasteiger partial charge on any atom is -0.504 e. The van der Waals surface area contributed by atoms with Gasteiger partial charge in [-0.15, -0.1) is 0 Å². The highest BCUT2D eigenvalue weighted by Gasteiger charge is 2.22. The highest BCUT2D eigenvalue weighted by atomic mass is 32.2. The summed E-state index contributed by atoms with van der Waals surface area (Å²) in [5, 5.41) is 25.3. The summed E-state index contributed by atoms with van der Waals surface area (Å²) >= 11 is 0. The molecule has 0 atom stereocenters. The topological polar surface area (TPSA) is 143 Å². The van der Waals surface area contributed by atoms with E-state index in [0.717, 1.165) is 17.2 Å². The van der Waals surface area contributed by atoms with Gasteiger partial charge in [-0.05, 0) is 68.3 Å². The molecule has 0 aliphatic rings. The molecule has 0 amide bonds. The Hall–Kier alpha value is -4.12. The Morgan fingerprint density at radius 2 is 1.82 bits per heavy atom. The van der Waals surface area contributed by atoms with Crippen molar-refractivity contribution in [3.05, 3.63) is 81.4 Å². The Morgan fingerprint density at radius 3 is 2.50 bits per heavy atom. The van der Waals surface area contributed by atoms with Gasteiger partial charge in [-0.25, -0.2) is 8.42 Å². The number of nitrogens with one attached hydrogen (secondary N) is 2. The number of nitrogens with zero attached hydrogens (tertiary/aromatic N) is 2. The number of ether oxygens (including phenoxy) is 1. The van der Waals surface area contributed by atoms with Crippen molar-refractivity contribution in [3.8, 4) is 11.5 Å². The molecule has 11 heteroatoms. The van der Waals surface area contributed by atoms with Crippen LogP contribution in [0.5, 0.6) is 11.5 Å². The third-order valence-corrected chi connectivity index (χ3v) is 6.15. The van der Waals surface area contributed by atoms with E-state index in [-0.39, 0.29) is 22.1 Å². The lowest BCUT2D eigenvalue weighted by atomic mass is 10.1. The Labute approximate surface area is 197 Å². The van der Waals surface area contributed by atoms with Crippen LogP contribution in [0, 0.1) is 24.0 Å². The average molecular weight is 485 g/mol. The number of hydrogen-bond acceptors (Lipinski definition) is 8. The summed E-state index contributed by atoms with van der Waals surface area (Å²) in [5.74, 6) is 0.261. The first kappa shape index (κ1) is 24.5. The van der Waals surface area contributed by atoms with Crippen LogP contribution in [-0.2, 0) is 10.0 Å². The van der Waals surface area contributed by atoms with Gasteiger partial charge in [-0.2, -0.15) is 5.10 Å². The first-order valence-corrected chi connectivity index (χ1v) is 11.7. The average Bonchev–Trinajstić information content (AvgIpc) is 2.78. The first-order chi connectivity index (χ1) is 16.1. The molecule has 0 radical (unpaired) electrons. The van der Waals surface area contributed by atoms with E-state index in [1.165, 1.54) is 24.4 Å².